The van der Waals surface area contributed by atoms with E-state index in [0.717, 1.165) is 12.1 Å². The molecule has 0 radical (unpaired) electrons. The molecular formula is C8H16N4. The van der Waals surface area contributed by atoms with Crippen LogP contribution >= 0.6 is 0 Å². The van der Waals surface area contributed by atoms with Gasteiger partial charge in [0.25, 0.3) is 0 Å². The molecule has 1 atom stereocenters. The zero-order valence-corrected chi connectivity index (χ0v) is 7.45. The largest absolute Gasteiger partial charge is 0.369 e. The lowest BCUT2D eigenvalue weighted by atomic mass is 9.89. The van der Waals surface area contributed by atoms with Crippen molar-refractivity contribution in [3.05, 3.63) is 0 Å². The maximum Gasteiger partial charge on any atom is 0.211 e. The predicted molar refractivity (Wildman–Crippen MR) is 50.9 cm³/mol. The van der Waals surface area contributed by atoms with Gasteiger partial charge in [0.2, 0.25) is 5.96 Å². The molecule has 0 aliphatic heterocycles. The molecule has 68 valence electrons. The summed E-state index contributed by atoms with van der Waals surface area (Å²) in [6.07, 6.45) is 4.75. The molecule has 1 unspecified atom stereocenters. The summed E-state index contributed by atoms with van der Waals surface area (Å²) in [5, 5.41) is 7.68. The molecule has 1 aliphatic rings. The fraction of sp³-hybridized carbons (Fsp3) is 0.750. The minimum Gasteiger partial charge on any atom is -0.369 e. The van der Waals surface area contributed by atoms with Crippen LogP contribution in [0.25, 0.3) is 0 Å². The Kier molecular flexibility index (Phi) is 3.08. The van der Waals surface area contributed by atoms with Crippen LogP contribution in [0.1, 0.15) is 32.6 Å². The van der Waals surface area contributed by atoms with Crippen molar-refractivity contribution in [2.75, 3.05) is 0 Å². The molecule has 0 saturated heterocycles. The molecule has 0 heterocycles. The van der Waals surface area contributed by atoms with Gasteiger partial charge in [-0.25, -0.2) is 0 Å². The van der Waals surface area contributed by atoms with Crippen LogP contribution in [0, 0.1) is 5.92 Å². The van der Waals surface area contributed by atoms with E-state index in [0.29, 0.717) is 5.92 Å². The topological polar surface area (TPSA) is 76.8 Å². The van der Waals surface area contributed by atoms with Gasteiger partial charge in [-0.3, -0.25) is 0 Å². The Morgan fingerprint density at radius 1 is 1.42 bits per heavy atom. The van der Waals surface area contributed by atoms with Crippen LogP contribution in [0.2, 0.25) is 0 Å². The average molecular weight is 168 g/mol. The van der Waals surface area contributed by atoms with Crippen LogP contribution < -0.4 is 11.5 Å². The highest BCUT2D eigenvalue weighted by atomic mass is 15.3. The van der Waals surface area contributed by atoms with Gasteiger partial charge in [-0.05, 0) is 25.2 Å². The second-order valence-corrected chi connectivity index (χ2v) is 3.26. The van der Waals surface area contributed by atoms with Gasteiger partial charge < -0.3 is 11.5 Å². The lowest BCUT2D eigenvalue weighted by Gasteiger charge is -2.18. The van der Waals surface area contributed by atoms with Crippen molar-refractivity contribution in [3.8, 4) is 0 Å². The molecule has 0 aromatic rings. The molecule has 0 spiro atoms. The molecule has 12 heavy (non-hydrogen) atoms. The second kappa shape index (κ2) is 4.09. The highest BCUT2D eigenvalue weighted by molar-refractivity contribution is 5.87. The van der Waals surface area contributed by atoms with E-state index >= 15 is 0 Å². The minimum atomic E-state index is 0.0419. The van der Waals surface area contributed by atoms with Gasteiger partial charge in [0.05, 0.1) is 0 Å². The summed E-state index contributed by atoms with van der Waals surface area (Å²) in [5.41, 5.74) is 11.5. The molecule has 1 rings (SSSR count). The Morgan fingerprint density at radius 2 is 2.17 bits per heavy atom. The summed E-state index contributed by atoms with van der Waals surface area (Å²) in [6, 6.07) is 0. The molecule has 1 fully saturated rings. The van der Waals surface area contributed by atoms with E-state index in [1.165, 1.54) is 19.3 Å². The van der Waals surface area contributed by atoms with E-state index in [9.17, 15) is 0 Å². The third kappa shape index (κ3) is 2.53. The van der Waals surface area contributed by atoms with Crippen LogP contribution in [-0.2, 0) is 0 Å². The third-order valence-corrected chi connectivity index (χ3v) is 2.18. The smallest absolute Gasteiger partial charge is 0.211 e. The lowest BCUT2D eigenvalue weighted by molar-refractivity contribution is 0.557. The summed E-state index contributed by atoms with van der Waals surface area (Å²) in [5.74, 6) is 0.585. The molecule has 0 bridgehead atoms. The number of nitrogens with zero attached hydrogens (tertiary/aromatic N) is 2. The minimum absolute atomic E-state index is 0.0419. The van der Waals surface area contributed by atoms with Gasteiger partial charge in [0.15, 0.2) is 0 Å². The van der Waals surface area contributed by atoms with Crippen LogP contribution in [0.15, 0.2) is 10.2 Å². The first-order valence-electron chi connectivity index (χ1n) is 4.35. The zero-order valence-electron chi connectivity index (χ0n) is 7.45. The van der Waals surface area contributed by atoms with E-state index in [1.54, 1.807) is 0 Å². The fourth-order valence-electron chi connectivity index (χ4n) is 1.44. The van der Waals surface area contributed by atoms with Gasteiger partial charge in [0.1, 0.15) is 0 Å². The first-order chi connectivity index (χ1) is 5.70. The number of hydrogen-bond donors (Lipinski definition) is 2. The first-order valence-corrected chi connectivity index (χ1v) is 4.35. The molecule has 4 nitrogen and oxygen atoms in total. The van der Waals surface area contributed by atoms with Crippen molar-refractivity contribution in [1.82, 2.24) is 0 Å². The van der Waals surface area contributed by atoms with Gasteiger partial charge >= 0.3 is 0 Å². The molecule has 0 amide bonds. The SMILES string of the molecule is CC1CCCC/C1=N/N=C(N)N. The van der Waals surface area contributed by atoms with Crippen LogP contribution in [0.3, 0.4) is 0 Å². The average Bonchev–Trinajstić information content (AvgIpc) is 2.03. The van der Waals surface area contributed by atoms with Crippen molar-refractivity contribution in [2.45, 2.75) is 32.6 Å². The first kappa shape index (κ1) is 9.03. The Balaban J connectivity index is 2.59. The quantitative estimate of drug-likeness (QED) is 0.345. The van der Waals surface area contributed by atoms with E-state index in [1.807, 2.05) is 0 Å². The van der Waals surface area contributed by atoms with Crippen LogP contribution in [0.5, 0.6) is 0 Å². The zero-order chi connectivity index (χ0) is 8.97. The normalized spacial score (nSPS) is 27.1. The number of hydrogen-bond acceptors (Lipinski definition) is 2. The van der Waals surface area contributed by atoms with E-state index < -0.39 is 0 Å². The molecule has 0 aromatic heterocycles. The molecule has 4 heteroatoms. The summed E-state index contributed by atoms with van der Waals surface area (Å²) < 4.78 is 0. The van der Waals surface area contributed by atoms with Gasteiger partial charge in [0, 0.05) is 5.71 Å². The molecule has 0 aromatic carbocycles. The summed E-state index contributed by atoms with van der Waals surface area (Å²) >= 11 is 0. The molecule has 4 N–H and O–H groups in total. The maximum atomic E-state index is 5.18. The van der Waals surface area contributed by atoms with Gasteiger partial charge in [-0.2, -0.15) is 5.10 Å². The number of rotatable bonds is 1. The van der Waals surface area contributed by atoms with E-state index in [-0.39, 0.29) is 5.96 Å². The lowest BCUT2D eigenvalue weighted by Crippen LogP contribution is -2.23. The fourth-order valence-corrected chi connectivity index (χ4v) is 1.44. The van der Waals surface area contributed by atoms with Crippen molar-refractivity contribution in [1.29, 1.82) is 0 Å². The van der Waals surface area contributed by atoms with Crippen LogP contribution in [0.4, 0.5) is 0 Å². The van der Waals surface area contributed by atoms with Crippen molar-refractivity contribution >= 4 is 11.7 Å². The maximum absolute atomic E-state index is 5.18. The summed E-state index contributed by atoms with van der Waals surface area (Å²) in [6.45, 7) is 2.17. The van der Waals surface area contributed by atoms with Crippen molar-refractivity contribution in [3.63, 3.8) is 0 Å². The summed E-state index contributed by atoms with van der Waals surface area (Å²) in [7, 11) is 0. The van der Waals surface area contributed by atoms with Crippen molar-refractivity contribution < 1.29 is 0 Å². The molecular weight excluding hydrogens is 152 g/mol. The Hall–Kier alpha value is -1.06. The monoisotopic (exact) mass is 168 g/mol. The standard InChI is InChI=1S/C8H16N4/c1-6-4-2-3-5-7(6)11-12-8(9)10/h6H,2-5H2,1H3,(H4,9,10,12)/b11-7-. The Bertz CT molecular complexity index is 203. The Labute approximate surface area is 72.7 Å². The van der Waals surface area contributed by atoms with Crippen LogP contribution in [-0.4, -0.2) is 11.7 Å². The molecule has 1 aliphatic carbocycles. The number of guanidine groups is 1. The predicted octanol–water partition coefficient (Wildman–Crippen LogP) is 0.826. The van der Waals surface area contributed by atoms with Crippen molar-refractivity contribution in [2.24, 2.45) is 27.6 Å². The van der Waals surface area contributed by atoms with Gasteiger partial charge in [-0.1, -0.05) is 13.3 Å². The second-order valence-electron chi connectivity index (χ2n) is 3.26. The number of nitrogens with two attached hydrogens (primary N) is 2. The van der Waals surface area contributed by atoms with Gasteiger partial charge in [-0.15, -0.1) is 5.10 Å². The highest BCUT2D eigenvalue weighted by Gasteiger charge is 2.15. The summed E-state index contributed by atoms with van der Waals surface area (Å²) in [4.78, 5) is 0. The van der Waals surface area contributed by atoms with E-state index in [4.69, 9.17) is 11.5 Å². The highest BCUT2D eigenvalue weighted by Crippen LogP contribution is 2.20. The Morgan fingerprint density at radius 3 is 2.75 bits per heavy atom. The third-order valence-electron chi connectivity index (χ3n) is 2.18. The molecule has 1 saturated carbocycles. The van der Waals surface area contributed by atoms with E-state index in [2.05, 4.69) is 17.1 Å².